The molecular weight excluding hydrogens is 472 g/mol. The number of hydrogen-bond acceptors (Lipinski definition) is 4. The van der Waals surface area contributed by atoms with E-state index in [-0.39, 0.29) is 11.8 Å². The van der Waals surface area contributed by atoms with Gasteiger partial charge < -0.3 is 0 Å². The molecule has 0 aromatic heterocycles. The molecule has 0 bridgehead atoms. The highest BCUT2D eigenvalue weighted by molar-refractivity contribution is 6.31. The van der Waals surface area contributed by atoms with E-state index in [2.05, 4.69) is 10.2 Å². The van der Waals surface area contributed by atoms with Gasteiger partial charge in [0.1, 0.15) is 0 Å². The van der Waals surface area contributed by atoms with Crippen molar-refractivity contribution < 1.29 is 9.59 Å². The summed E-state index contributed by atoms with van der Waals surface area (Å²) in [6.07, 6.45) is 0. The number of benzene rings is 3. The lowest BCUT2D eigenvalue weighted by atomic mass is 9.73. The molecule has 0 radical (unpaired) electrons. The van der Waals surface area contributed by atoms with Crippen LogP contribution < -0.4 is 10.0 Å². The molecule has 3 aromatic carbocycles. The maximum atomic E-state index is 13.9. The van der Waals surface area contributed by atoms with Crippen LogP contribution in [0.1, 0.15) is 36.5 Å². The molecule has 0 spiro atoms. The molecular formula is C29H27ClN4O2. The van der Waals surface area contributed by atoms with Crippen LogP contribution in [-0.4, -0.2) is 23.2 Å². The van der Waals surface area contributed by atoms with Crippen LogP contribution in [0.25, 0.3) is 0 Å². The monoisotopic (exact) mass is 498 g/mol. The molecule has 2 atom stereocenters. The Bertz CT molecular complexity index is 1310. The standard InChI is InChI=1S/C29H27ClN4O2/c1-17-9-13-21(14-10-17)33-28(35)25(19(3)31-33)27(23-7-5-6-8-24(23)30)26-20(4)32-34(29(26)36)22-15-11-18(2)12-16-22/h5-16,25-27H,1-4H3/t25-,26-/m1/s1. The minimum absolute atomic E-state index is 0.185. The Morgan fingerprint density at radius 2 is 1.08 bits per heavy atom. The van der Waals surface area contributed by atoms with Gasteiger partial charge in [0.05, 0.1) is 23.2 Å². The average Bonchev–Trinajstić information content (AvgIpc) is 3.32. The van der Waals surface area contributed by atoms with E-state index < -0.39 is 17.8 Å². The molecule has 0 saturated heterocycles. The van der Waals surface area contributed by atoms with Crippen LogP contribution in [0.3, 0.4) is 0 Å². The normalized spacial score (nSPS) is 19.8. The fraction of sp³-hybridized carbons (Fsp3) is 0.241. The summed E-state index contributed by atoms with van der Waals surface area (Å²) in [6, 6.07) is 22.7. The minimum Gasteiger partial charge on any atom is -0.272 e. The third-order valence-electron chi connectivity index (χ3n) is 6.90. The topological polar surface area (TPSA) is 65.3 Å². The van der Waals surface area contributed by atoms with Gasteiger partial charge in [-0.2, -0.15) is 10.2 Å². The molecule has 2 amide bonds. The molecule has 0 unspecified atom stereocenters. The molecule has 7 heteroatoms. The third kappa shape index (κ3) is 4.11. The van der Waals surface area contributed by atoms with Crippen molar-refractivity contribution in [2.75, 3.05) is 10.0 Å². The first-order valence-corrected chi connectivity index (χ1v) is 12.3. The van der Waals surface area contributed by atoms with Crippen LogP contribution in [0.2, 0.25) is 5.02 Å². The van der Waals surface area contributed by atoms with E-state index in [1.165, 1.54) is 10.0 Å². The fourth-order valence-corrected chi connectivity index (χ4v) is 5.29. The lowest BCUT2D eigenvalue weighted by Crippen LogP contribution is -2.40. The molecule has 0 saturated carbocycles. The smallest absolute Gasteiger partial charge is 0.256 e. The Morgan fingerprint density at radius 3 is 1.50 bits per heavy atom. The second-order valence-electron chi connectivity index (χ2n) is 9.46. The van der Waals surface area contributed by atoms with Gasteiger partial charge in [0.15, 0.2) is 0 Å². The van der Waals surface area contributed by atoms with Crippen LogP contribution in [0.4, 0.5) is 11.4 Å². The van der Waals surface area contributed by atoms with Crippen LogP contribution in [0.15, 0.2) is 83.0 Å². The second kappa shape index (κ2) is 9.36. The highest BCUT2D eigenvalue weighted by Gasteiger charge is 2.50. The van der Waals surface area contributed by atoms with Crippen LogP contribution >= 0.6 is 11.6 Å². The summed E-state index contributed by atoms with van der Waals surface area (Å²) in [5, 5.41) is 12.6. The quantitative estimate of drug-likeness (QED) is 0.425. The molecule has 2 heterocycles. The van der Waals surface area contributed by atoms with E-state index in [1.807, 2.05) is 94.4 Å². The van der Waals surface area contributed by atoms with Gasteiger partial charge in [-0.1, -0.05) is 65.2 Å². The molecule has 5 rings (SSSR count). The summed E-state index contributed by atoms with van der Waals surface area (Å²) < 4.78 is 0. The van der Waals surface area contributed by atoms with Crippen molar-refractivity contribution in [3.8, 4) is 0 Å². The average molecular weight is 499 g/mol. The Hall–Kier alpha value is -3.77. The van der Waals surface area contributed by atoms with Crippen molar-refractivity contribution in [3.63, 3.8) is 0 Å². The number of carbonyl (C=O) groups is 2. The zero-order valence-electron chi connectivity index (χ0n) is 20.6. The number of hydrazone groups is 2. The van der Waals surface area contributed by atoms with Gasteiger partial charge in [-0.15, -0.1) is 0 Å². The Labute approximate surface area is 215 Å². The summed E-state index contributed by atoms with van der Waals surface area (Å²) in [6.45, 7) is 7.66. The highest BCUT2D eigenvalue weighted by atomic mass is 35.5. The van der Waals surface area contributed by atoms with E-state index in [9.17, 15) is 9.59 Å². The summed E-state index contributed by atoms with van der Waals surface area (Å²) in [4.78, 5) is 27.8. The molecule has 0 fully saturated rings. The summed E-state index contributed by atoms with van der Waals surface area (Å²) in [7, 11) is 0. The number of amides is 2. The van der Waals surface area contributed by atoms with Gasteiger partial charge in [-0.05, 0) is 63.6 Å². The number of aryl methyl sites for hydroxylation is 2. The number of hydrogen-bond donors (Lipinski definition) is 0. The maximum absolute atomic E-state index is 13.9. The zero-order chi connectivity index (χ0) is 25.6. The number of carbonyl (C=O) groups excluding carboxylic acids is 2. The van der Waals surface area contributed by atoms with E-state index in [1.54, 1.807) is 6.07 Å². The maximum Gasteiger partial charge on any atom is 0.256 e. The first-order chi connectivity index (χ1) is 17.3. The summed E-state index contributed by atoms with van der Waals surface area (Å²) >= 11 is 6.68. The van der Waals surface area contributed by atoms with Crippen molar-refractivity contribution in [2.45, 2.75) is 33.6 Å². The molecule has 2 aliphatic heterocycles. The van der Waals surface area contributed by atoms with Gasteiger partial charge in [0, 0.05) is 22.4 Å². The van der Waals surface area contributed by atoms with Gasteiger partial charge in [0.25, 0.3) is 11.8 Å². The van der Waals surface area contributed by atoms with Gasteiger partial charge in [-0.3, -0.25) is 9.59 Å². The Morgan fingerprint density at radius 1 is 0.667 bits per heavy atom. The first kappa shape index (κ1) is 23.9. The Balaban J connectivity index is 1.57. The molecule has 6 nitrogen and oxygen atoms in total. The van der Waals surface area contributed by atoms with Gasteiger partial charge in [-0.25, -0.2) is 10.0 Å². The lowest BCUT2D eigenvalue weighted by molar-refractivity contribution is -0.122. The van der Waals surface area contributed by atoms with Crippen molar-refractivity contribution in [3.05, 3.63) is 94.5 Å². The number of halogens is 1. The van der Waals surface area contributed by atoms with E-state index in [0.717, 1.165) is 16.7 Å². The summed E-state index contributed by atoms with van der Waals surface area (Å²) in [5.41, 5.74) is 5.58. The van der Waals surface area contributed by atoms with Crippen LogP contribution in [0.5, 0.6) is 0 Å². The minimum atomic E-state index is -0.664. The Kier molecular flexibility index (Phi) is 6.22. The van der Waals surface area contributed by atoms with Crippen molar-refractivity contribution in [1.82, 2.24) is 0 Å². The largest absolute Gasteiger partial charge is 0.272 e. The predicted octanol–water partition coefficient (Wildman–Crippen LogP) is 6.12. The van der Waals surface area contributed by atoms with Gasteiger partial charge >= 0.3 is 0 Å². The predicted molar refractivity (Wildman–Crippen MR) is 145 cm³/mol. The molecule has 0 aliphatic carbocycles. The highest BCUT2D eigenvalue weighted by Crippen LogP contribution is 2.44. The fourth-order valence-electron chi connectivity index (χ4n) is 5.03. The molecule has 3 aromatic rings. The molecule has 2 aliphatic rings. The SMILES string of the molecule is CC1=NN(c2ccc(C)cc2)C(=O)[C@H]1C(c1ccccc1Cl)[C@@H]1C(=O)N(c2ccc(C)cc2)N=C1C. The zero-order valence-corrected chi connectivity index (χ0v) is 21.4. The van der Waals surface area contributed by atoms with E-state index in [4.69, 9.17) is 11.6 Å². The molecule has 182 valence electrons. The first-order valence-electron chi connectivity index (χ1n) is 11.9. The van der Waals surface area contributed by atoms with E-state index in [0.29, 0.717) is 27.8 Å². The third-order valence-corrected chi connectivity index (χ3v) is 7.25. The van der Waals surface area contributed by atoms with Crippen molar-refractivity contribution in [2.24, 2.45) is 22.0 Å². The van der Waals surface area contributed by atoms with Crippen LogP contribution in [-0.2, 0) is 9.59 Å². The van der Waals surface area contributed by atoms with Crippen molar-refractivity contribution >= 4 is 46.2 Å². The summed E-state index contributed by atoms with van der Waals surface area (Å²) in [5.74, 6) is -2.25. The number of anilines is 2. The second-order valence-corrected chi connectivity index (χ2v) is 9.86. The molecule has 36 heavy (non-hydrogen) atoms. The van der Waals surface area contributed by atoms with Gasteiger partial charge in [0.2, 0.25) is 0 Å². The van der Waals surface area contributed by atoms with Crippen LogP contribution in [0, 0.1) is 25.7 Å². The molecule has 0 N–H and O–H groups in total. The lowest BCUT2D eigenvalue weighted by Gasteiger charge is -2.29. The number of rotatable bonds is 5. The van der Waals surface area contributed by atoms with E-state index >= 15 is 0 Å². The van der Waals surface area contributed by atoms with Crippen molar-refractivity contribution in [1.29, 1.82) is 0 Å². The number of nitrogens with zero attached hydrogens (tertiary/aromatic N) is 4.